The van der Waals surface area contributed by atoms with E-state index < -0.39 is 0 Å². The molecule has 0 amide bonds. The fourth-order valence-corrected chi connectivity index (χ4v) is 3.66. The van der Waals surface area contributed by atoms with Crippen molar-refractivity contribution in [3.63, 3.8) is 0 Å². The van der Waals surface area contributed by atoms with Crippen molar-refractivity contribution in [1.29, 1.82) is 0 Å². The van der Waals surface area contributed by atoms with Crippen molar-refractivity contribution in [1.82, 2.24) is 4.90 Å². The fourth-order valence-electron chi connectivity index (χ4n) is 3.66. The van der Waals surface area contributed by atoms with Gasteiger partial charge in [0.25, 0.3) is 0 Å². The molecular weight excluding hydrogens is 301 g/mol. The van der Waals surface area contributed by atoms with E-state index in [1.165, 1.54) is 11.6 Å². The minimum absolute atomic E-state index is 0.0385. The van der Waals surface area contributed by atoms with Crippen LogP contribution in [0, 0.1) is 17.7 Å². The number of likely N-dealkylation sites (tertiary alicyclic amines) is 1. The van der Waals surface area contributed by atoms with Gasteiger partial charge in [0, 0.05) is 25.4 Å². The van der Waals surface area contributed by atoms with Crippen LogP contribution in [0.3, 0.4) is 0 Å². The predicted molar refractivity (Wildman–Crippen MR) is 94.1 cm³/mol. The van der Waals surface area contributed by atoms with Crippen molar-refractivity contribution in [2.75, 3.05) is 13.1 Å². The van der Waals surface area contributed by atoms with Crippen LogP contribution in [0.1, 0.15) is 24.5 Å². The molecule has 2 atom stereocenters. The summed E-state index contributed by atoms with van der Waals surface area (Å²) in [6.45, 7) is 4.91. The van der Waals surface area contributed by atoms with Gasteiger partial charge in [-0.1, -0.05) is 55.5 Å². The number of carbonyl (C=O) groups excluding carboxylic acids is 1. The van der Waals surface area contributed by atoms with Crippen LogP contribution in [0.5, 0.6) is 0 Å². The summed E-state index contributed by atoms with van der Waals surface area (Å²) in [4.78, 5) is 15.0. The van der Waals surface area contributed by atoms with E-state index in [1.54, 1.807) is 18.2 Å². The second kappa shape index (κ2) is 7.71. The molecule has 2 nitrogen and oxygen atoms in total. The third-order valence-corrected chi connectivity index (χ3v) is 4.97. The summed E-state index contributed by atoms with van der Waals surface area (Å²) in [7, 11) is 0. The molecule has 1 aliphatic heterocycles. The molecule has 2 unspecified atom stereocenters. The number of carbonyl (C=O) groups is 1. The summed E-state index contributed by atoms with van der Waals surface area (Å²) in [6, 6.07) is 17.0. The number of hydrogen-bond donors (Lipinski definition) is 0. The van der Waals surface area contributed by atoms with E-state index in [2.05, 4.69) is 36.1 Å². The number of halogens is 1. The lowest BCUT2D eigenvalue weighted by atomic mass is 9.81. The zero-order valence-electron chi connectivity index (χ0n) is 14.1. The smallest absolute Gasteiger partial charge is 0.140 e. The Hall–Kier alpha value is -2.00. The monoisotopic (exact) mass is 325 g/mol. The van der Waals surface area contributed by atoms with Crippen molar-refractivity contribution >= 4 is 5.78 Å². The quantitative estimate of drug-likeness (QED) is 0.825. The number of benzene rings is 2. The zero-order valence-corrected chi connectivity index (χ0v) is 14.1. The summed E-state index contributed by atoms with van der Waals surface area (Å²) in [5, 5.41) is 0. The maximum atomic E-state index is 13.8. The minimum Gasteiger partial charge on any atom is -0.299 e. The third-order valence-electron chi connectivity index (χ3n) is 4.97. The van der Waals surface area contributed by atoms with Crippen molar-refractivity contribution in [3.05, 3.63) is 71.5 Å². The summed E-state index contributed by atoms with van der Waals surface area (Å²) in [6.07, 6.45) is 1.07. The second-order valence-electron chi connectivity index (χ2n) is 6.83. The van der Waals surface area contributed by atoms with Gasteiger partial charge in [-0.3, -0.25) is 9.69 Å². The van der Waals surface area contributed by atoms with E-state index in [0.29, 0.717) is 11.5 Å². The molecule has 2 aromatic rings. The highest BCUT2D eigenvalue weighted by molar-refractivity contribution is 5.83. The Kier molecular flexibility index (Phi) is 5.41. The first-order valence-electron chi connectivity index (χ1n) is 8.66. The molecule has 0 aromatic heterocycles. The Labute approximate surface area is 143 Å². The molecule has 0 radical (unpaired) electrons. The van der Waals surface area contributed by atoms with E-state index in [-0.39, 0.29) is 23.9 Å². The number of nitrogens with zero attached hydrogens (tertiary/aromatic N) is 1. The highest BCUT2D eigenvalue weighted by atomic mass is 19.1. The molecule has 0 aliphatic carbocycles. The van der Waals surface area contributed by atoms with Gasteiger partial charge >= 0.3 is 0 Å². The van der Waals surface area contributed by atoms with Crippen LogP contribution in [0.4, 0.5) is 4.39 Å². The van der Waals surface area contributed by atoms with Gasteiger partial charge in [0.15, 0.2) is 0 Å². The molecule has 3 rings (SSSR count). The van der Waals surface area contributed by atoms with Crippen LogP contribution in [0.15, 0.2) is 54.6 Å². The van der Waals surface area contributed by atoms with Crippen LogP contribution < -0.4 is 0 Å². The van der Waals surface area contributed by atoms with Crippen molar-refractivity contribution in [2.24, 2.45) is 11.8 Å². The van der Waals surface area contributed by atoms with Crippen LogP contribution in [-0.2, 0) is 17.8 Å². The van der Waals surface area contributed by atoms with Crippen LogP contribution >= 0.6 is 0 Å². The summed E-state index contributed by atoms with van der Waals surface area (Å²) in [5.74, 6) is 0.241. The van der Waals surface area contributed by atoms with Gasteiger partial charge < -0.3 is 0 Å². The largest absolute Gasteiger partial charge is 0.299 e. The molecule has 1 fully saturated rings. The lowest BCUT2D eigenvalue weighted by molar-refractivity contribution is -0.125. The van der Waals surface area contributed by atoms with Gasteiger partial charge in [0.2, 0.25) is 0 Å². The lowest BCUT2D eigenvalue weighted by Gasteiger charge is -2.36. The number of hydrogen-bond acceptors (Lipinski definition) is 2. The summed E-state index contributed by atoms with van der Waals surface area (Å²) in [5.41, 5.74) is 1.82. The van der Waals surface area contributed by atoms with Gasteiger partial charge in [0.05, 0.1) is 0 Å². The molecule has 126 valence electrons. The Morgan fingerprint density at radius 2 is 1.83 bits per heavy atom. The fraction of sp³-hybridized carbons (Fsp3) is 0.381. The molecular formula is C21H24FNO. The molecule has 1 aliphatic rings. The Balaban J connectivity index is 1.57. The Morgan fingerprint density at radius 3 is 2.54 bits per heavy atom. The average Bonchev–Trinajstić information content (AvgIpc) is 2.58. The maximum absolute atomic E-state index is 13.8. The van der Waals surface area contributed by atoms with Crippen molar-refractivity contribution in [3.8, 4) is 0 Å². The van der Waals surface area contributed by atoms with Crippen molar-refractivity contribution < 1.29 is 9.18 Å². The maximum Gasteiger partial charge on any atom is 0.140 e. The van der Waals surface area contributed by atoms with E-state index in [0.717, 1.165) is 26.1 Å². The first-order chi connectivity index (χ1) is 11.6. The van der Waals surface area contributed by atoms with E-state index in [9.17, 15) is 9.18 Å². The molecule has 0 saturated carbocycles. The Morgan fingerprint density at radius 1 is 1.12 bits per heavy atom. The first kappa shape index (κ1) is 16.8. The number of Topliss-reactive ketones (excluding diaryl/α,β-unsaturated/α-hetero) is 1. The zero-order chi connectivity index (χ0) is 16.9. The SMILES string of the molecule is CC1CN(Cc2ccccc2)CCC1C(=O)Cc1ccccc1F. The normalized spacial score (nSPS) is 21.6. The summed E-state index contributed by atoms with van der Waals surface area (Å²) < 4.78 is 13.8. The number of ketones is 1. The molecule has 1 heterocycles. The molecule has 1 saturated heterocycles. The van der Waals surface area contributed by atoms with Crippen LogP contribution in [0.2, 0.25) is 0 Å². The highest BCUT2D eigenvalue weighted by Gasteiger charge is 2.31. The molecule has 2 aromatic carbocycles. The van der Waals surface area contributed by atoms with Crippen molar-refractivity contribution in [2.45, 2.75) is 26.3 Å². The molecule has 24 heavy (non-hydrogen) atoms. The molecule has 0 bridgehead atoms. The van der Waals surface area contributed by atoms with Gasteiger partial charge in [-0.2, -0.15) is 0 Å². The first-order valence-corrected chi connectivity index (χ1v) is 8.66. The summed E-state index contributed by atoms with van der Waals surface area (Å²) >= 11 is 0. The minimum atomic E-state index is -0.278. The standard InChI is InChI=1S/C21H24FNO/c1-16-14-23(15-17-7-3-2-4-8-17)12-11-19(16)21(24)13-18-9-5-6-10-20(18)22/h2-10,16,19H,11-15H2,1H3. The molecule has 3 heteroatoms. The van der Waals surface area contributed by atoms with Gasteiger partial charge in [0.1, 0.15) is 11.6 Å². The van der Waals surface area contributed by atoms with Gasteiger partial charge in [-0.05, 0) is 36.1 Å². The number of piperidine rings is 1. The van der Waals surface area contributed by atoms with Crippen LogP contribution in [0.25, 0.3) is 0 Å². The van der Waals surface area contributed by atoms with E-state index >= 15 is 0 Å². The topological polar surface area (TPSA) is 20.3 Å². The molecule has 0 N–H and O–H groups in total. The van der Waals surface area contributed by atoms with Gasteiger partial charge in [-0.25, -0.2) is 4.39 Å². The van der Waals surface area contributed by atoms with Crippen LogP contribution in [-0.4, -0.2) is 23.8 Å². The number of rotatable bonds is 5. The highest BCUT2D eigenvalue weighted by Crippen LogP contribution is 2.26. The third kappa shape index (κ3) is 4.09. The van der Waals surface area contributed by atoms with Gasteiger partial charge in [-0.15, -0.1) is 0 Å². The average molecular weight is 325 g/mol. The Bertz CT molecular complexity index is 685. The molecule has 0 spiro atoms. The second-order valence-corrected chi connectivity index (χ2v) is 6.83. The van der Waals surface area contributed by atoms with E-state index in [4.69, 9.17) is 0 Å². The lowest BCUT2D eigenvalue weighted by Crippen LogP contribution is -2.42. The van der Waals surface area contributed by atoms with E-state index in [1.807, 2.05) is 6.07 Å². The predicted octanol–water partition coefficient (Wildman–Crippen LogP) is 4.10.